The van der Waals surface area contributed by atoms with Crippen LogP contribution in [0.5, 0.6) is 0 Å². The minimum Gasteiger partial charge on any atom is -0.166 e. The van der Waals surface area contributed by atoms with Crippen LogP contribution < -0.4 is 0 Å². The molecule has 1 aliphatic rings. The Balaban J connectivity index is 2.35. The summed E-state index contributed by atoms with van der Waals surface area (Å²) in [5, 5.41) is -0.847. The lowest BCUT2D eigenvalue weighted by molar-refractivity contribution is -0.138. The standard InChI is InChI=1S/C19H18F6Si/c1-17(26(2,3)4)15-9-11(18(20,21)22)5-7-13(15)14-8-6-12(10-16(14)17)19(23,24)25/h5-10H,1-4H3. The first-order valence-electron chi connectivity index (χ1n) is 8.11. The predicted octanol–water partition coefficient (Wildman–Crippen LogP) is 6.89. The van der Waals surface area contributed by atoms with E-state index in [1.165, 1.54) is 12.1 Å². The van der Waals surface area contributed by atoms with Crippen LogP contribution in [0.2, 0.25) is 19.6 Å². The van der Waals surface area contributed by atoms with Gasteiger partial charge in [0.15, 0.2) is 0 Å². The lowest BCUT2D eigenvalue weighted by Crippen LogP contribution is -2.47. The highest BCUT2D eigenvalue weighted by Crippen LogP contribution is 2.55. The van der Waals surface area contributed by atoms with E-state index in [0.29, 0.717) is 22.3 Å². The van der Waals surface area contributed by atoms with E-state index in [9.17, 15) is 26.3 Å². The third-order valence-electron chi connectivity index (χ3n) is 5.56. The van der Waals surface area contributed by atoms with Crippen molar-refractivity contribution in [2.75, 3.05) is 0 Å². The molecule has 0 fully saturated rings. The van der Waals surface area contributed by atoms with Gasteiger partial charge in [0.1, 0.15) is 0 Å². The fraction of sp³-hybridized carbons (Fsp3) is 0.368. The number of alkyl halides is 6. The molecule has 0 N–H and O–H groups in total. The van der Waals surface area contributed by atoms with Crippen molar-refractivity contribution < 1.29 is 26.3 Å². The van der Waals surface area contributed by atoms with Crippen LogP contribution in [0.15, 0.2) is 36.4 Å². The molecule has 0 atom stereocenters. The minimum atomic E-state index is -4.50. The first-order chi connectivity index (χ1) is 11.7. The Morgan fingerprint density at radius 3 is 1.31 bits per heavy atom. The van der Waals surface area contributed by atoms with Crippen molar-refractivity contribution in [1.82, 2.24) is 0 Å². The summed E-state index contributed by atoms with van der Waals surface area (Å²) in [5.41, 5.74) is 0.578. The highest BCUT2D eigenvalue weighted by molar-refractivity contribution is 6.80. The van der Waals surface area contributed by atoms with Gasteiger partial charge in [-0.2, -0.15) is 26.3 Å². The fourth-order valence-corrected chi connectivity index (χ4v) is 5.72. The SMILES string of the molecule is CC1([Si](C)(C)C)c2cc(C(F)(F)F)ccc2-c2ccc(C(F)(F)F)cc21. The van der Waals surface area contributed by atoms with Crippen LogP contribution in [0.4, 0.5) is 26.3 Å². The van der Waals surface area contributed by atoms with E-state index in [1.54, 1.807) is 6.92 Å². The van der Waals surface area contributed by atoms with Crippen LogP contribution in [-0.4, -0.2) is 8.07 Å². The zero-order valence-corrected chi connectivity index (χ0v) is 15.7. The van der Waals surface area contributed by atoms with Crippen LogP contribution in [0.3, 0.4) is 0 Å². The van der Waals surface area contributed by atoms with E-state index in [-0.39, 0.29) is 0 Å². The average molecular weight is 388 g/mol. The highest BCUT2D eigenvalue weighted by Gasteiger charge is 2.50. The summed E-state index contributed by atoms with van der Waals surface area (Å²) in [6.45, 7) is 7.68. The average Bonchev–Trinajstić information content (AvgIpc) is 2.75. The molecule has 7 heteroatoms. The molecule has 0 heterocycles. The van der Waals surface area contributed by atoms with Gasteiger partial charge in [0.25, 0.3) is 0 Å². The molecule has 2 aromatic rings. The molecular weight excluding hydrogens is 370 g/mol. The van der Waals surface area contributed by atoms with Crippen molar-refractivity contribution in [3.05, 3.63) is 58.7 Å². The van der Waals surface area contributed by atoms with Gasteiger partial charge in [-0.25, -0.2) is 0 Å². The van der Waals surface area contributed by atoms with E-state index in [1.807, 2.05) is 19.6 Å². The van der Waals surface area contributed by atoms with Crippen LogP contribution in [0.1, 0.15) is 29.2 Å². The Kier molecular flexibility index (Phi) is 3.93. The van der Waals surface area contributed by atoms with Gasteiger partial charge in [-0.3, -0.25) is 0 Å². The number of hydrogen-bond acceptors (Lipinski definition) is 0. The van der Waals surface area contributed by atoms with Crippen molar-refractivity contribution in [3.63, 3.8) is 0 Å². The molecule has 140 valence electrons. The van der Waals surface area contributed by atoms with Crippen molar-refractivity contribution in [2.45, 2.75) is 44.0 Å². The summed E-state index contributed by atoms with van der Waals surface area (Å²) in [7, 11) is -2.25. The summed E-state index contributed by atoms with van der Waals surface area (Å²) >= 11 is 0. The molecule has 2 aromatic carbocycles. The predicted molar refractivity (Wildman–Crippen MR) is 91.7 cm³/mol. The molecule has 26 heavy (non-hydrogen) atoms. The summed E-state index contributed by atoms with van der Waals surface area (Å²) in [6, 6.07) is 6.99. The maximum absolute atomic E-state index is 13.2. The zero-order valence-electron chi connectivity index (χ0n) is 14.7. The monoisotopic (exact) mass is 388 g/mol. The zero-order chi connectivity index (χ0) is 19.7. The Bertz CT molecular complexity index is 808. The fourth-order valence-electron chi connectivity index (χ4n) is 3.69. The van der Waals surface area contributed by atoms with E-state index in [2.05, 4.69) is 0 Å². The minimum absolute atomic E-state index is 0.473. The quantitative estimate of drug-likeness (QED) is 0.369. The van der Waals surface area contributed by atoms with Crippen LogP contribution in [0.25, 0.3) is 11.1 Å². The Labute approximate surface area is 148 Å². The molecule has 0 amide bonds. The number of fused-ring (bicyclic) bond motifs is 3. The van der Waals surface area contributed by atoms with E-state index in [0.717, 1.165) is 24.3 Å². The normalized spacial score (nSPS) is 16.4. The summed E-state index contributed by atoms with van der Waals surface area (Å²) in [6.07, 6.45) is -9.00. The van der Waals surface area contributed by atoms with Gasteiger partial charge in [0.2, 0.25) is 0 Å². The second kappa shape index (κ2) is 5.37. The Morgan fingerprint density at radius 2 is 1.04 bits per heavy atom. The van der Waals surface area contributed by atoms with Gasteiger partial charge in [-0.05, 0) is 46.5 Å². The lowest BCUT2D eigenvalue weighted by Gasteiger charge is -2.39. The molecule has 0 unspecified atom stereocenters. The van der Waals surface area contributed by atoms with Gasteiger partial charge < -0.3 is 0 Å². The van der Waals surface area contributed by atoms with E-state index in [4.69, 9.17) is 0 Å². The second-order valence-corrected chi connectivity index (χ2v) is 13.4. The Morgan fingerprint density at radius 1 is 0.692 bits per heavy atom. The number of rotatable bonds is 1. The first-order valence-corrected chi connectivity index (χ1v) is 11.6. The van der Waals surface area contributed by atoms with Crippen molar-refractivity contribution in [2.24, 2.45) is 0 Å². The molecule has 1 aliphatic carbocycles. The molecule has 0 nitrogen and oxygen atoms in total. The number of benzene rings is 2. The van der Waals surface area contributed by atoms with Crippen LogP contribution in [-0.2, 0) is 17.4 Å². The third-order valence-corrected chi connectivity index (χ3v) is 9.10. The molecular formula is C19H18F6Si. The lowest BCUT2D eigenvalue weighted by atomic mass is 9.95. The van der Waals surface area contributed by atoms with Gasteiger partial charge in [-0.15, -0.1) is 0 Å². The van der Waals surface area contributed by atoms with E-state index >= 15 is 0 Å². The topological polar surface area (TPSA) is 0 Å². The van der Waals surface area contributed by atoms with Crippen molar-refractivity contribution >= 4 is 8.07 Å². The van der Waals surface area contributed by atoms with Gasteiger partial charge in [0, 0.05) is 5.04 Å². The highest BCUT2D eigenvalue weighted by atomic mass is 28.3. The number of hydrogen-bond donors (Lipinski definition) is 0. The van der Waals surface area contributed by atoms with Gasteiger partial charge >= 0.3 is 12.4 Å². The summed E-state index contributed by atoms with van der Waals surface area (Å²) in [5.74, 6) is 0. The molecule has 0 saturated heterocycles. The van der Waals surface area contributed by atoms with E-state index < -0.39 is 36.6 Å². The largest absolute Gasteiger partial charge is 0.416 e. The molecule has 0 aromatic heterocycles. The Hall–Kier alpha value is -1.76. The maximum Gasteiger partial charge on any atom is 0.416 e. The first kappa shape index (κ1) is 19.0. The molecule has 0 aliphatic heterocycles. The maximum atomic E-state index is 13.2. The molecule has 0 spiro atoms. The van der Waals surface area contributed by atoms with Crippen molar-refractivity contribution in [1.29, 1.82) is 0 Å². The van der Waals surface area contributed by atoms with Crippen LogP contribution in [0, 0.1) is 0 Å². The van der Waals surface area contributed by atoms with Gasteiger partial charge in [0.05, 0.1) is 19.2 Å². The molecule has 0 radical (unpaired) electrons. The molecule has 0 saturated carbocycles. The molecule has 0 bridgehead atoms. The van der Waals surface area contributed by atoms with Crippen LogP contribution >= 0.6 is 0 Å². The summed E-state index contributed by atoms with van der Waals surface area (Å²) < 4.78 is 79.3. The van der Waals surface area contributed by atoms with Gasteiger partial charge in [-0.1, -0.05) is 38.7 Å². The molecule has 3 rings (SSSR count). The number of halogens is 6. The van der Waals surface area contributed by atoms with Crippen molar-refractivity contribution in [3.8, 4) is 11.1 Å². The second-order valence-electron chi connectivity index (χ2n) is 7.89. The smallest absolute Gasteiger partial charge is 0.166 e. The summed E-state index contributed by atoms with van der Waals surface area (Å²) in [4.78, 5) is 0. The third kappa shape index (κ3) is 2.67.